The van der Waals surface area contributed by atoms with Crippen molar-refractivity contribution in [1.82, 2.24) is 4.90 Å². The summed E-state index contributed by atoms with van der Waals surface area (Å²) in [5.41, 5.74) is 2.02. The summed E-state index contributed by atoms with van der Waals surface area (Å²) in [5.74, 6) is -0.201. The highest BCUT2D eigenvalue weighted by molar-refractivity contribution is 5.46. The van der Waals surface area contributed by atoms with E-state index < -0.39 is 6.10 Å². The van der Waals surface area contributed by atoms with Crippen molar-refractivity contribution < 1.29 is 9.50 Å². The molecule has 3 rings (SSSR count). The van der Waals surface area contributed by atoms with Gasteiger partial charge in [-0.1, -0.05) is 30.3 Å². The van der Waals surface area contributed by atoms with Crippen molar-refractivity contribution in [2.45, 2.75) is 6.10 Å². The van der Waals surface area contributed by atoms with Gasteiger partial charge in [-0.05, 0) is 29.8 Å². The molecule has 1 unspecified atom stereocenters. The summed E-state index contributed by atoms with van der Waals surface area (Å²) in [6.07, 6.45) is -0.446. The van der Waals surface area contributed by atoms with Gasteiger partial charge in [-0.3, -0.25) is 4.90 Å². The van der Waals surface area contributed by atoms with E-state index in [1.54, 1.807) is 0 Å². The van der Waals surface area contributed by atoms with Crippen molar-refractivity contribution in [1.29, 1.82) is 0 Å². The van der Waals surface area contributed by atoms with E-state index >= 15 is 0 Å². The van der Waals surface area contributed by atoms with E-state index in [0.717, 1.165) is 37.4 Å². The van der Waals surface area contributed by atoms with Crippen LogP contribution in [0, 0.1) is 5.82 Å². The second kappa shape index (κ2) is 6.90. The normalized spacial score (nSPS) is 17.5. The van der Waals surface area contributed by atoms with Gasteiger partial charge in [-0.2, -0.15) is 0 Å². The summed E-state index contributed by atoms with van der Waals surface area (Å²) in [6.45, 7) is 4.25. The maximum Gasteiger partial charge on any atom is 0.123 e. The number of aliphatic hydroxyl groups is 1. The van der Waals surface area contributed by atoms with Crippen molar-refractivity contribution in [3.63, 3.8) is 0 Å². The maximum absolute atomic E-state index is 13.0. The number of hydrogen-bond acceptors (Lipinski definition) is 3. The largest absolute Gasteiger partial charge is 0.387 e. The molecule has 1 heterocycles. The lowest BCUT2D eigenvalue weighted by Crippen LogP contribution is -2.47. The van der Waals surface area contributed by atoms with Gasteiger partial charge in [0, 0.05) is 38.4 Å². The van der Waals surface area contributed by atoms with E-state index in [1.165, 1.54) is 12.1 Å². The number of anilines is 1. The van der Waals surface area contributed by atoms with Crippen LogP contribution in [0.15, 0.2) is 54.6 Å². The SMILES string of the molecule is OC(CN1CCN(c2ccc(F)cc2)CC1)c1ccccc1. The zero-order chi connectivity index (χ0) is 15.4. The quantitative estimate of drug-likeness (QED) is 0.940. The molecule has 4 heteroatoms. The van der Waals surface area contributed by atoms with Crippen molar-refractivity contribution >= 4 is 5.69 Å². The molecule has 0 aromatic heterocycles. The molecule has 2 aromatic carbocycles. The van der Waals surface area contributed by atoms with Crippen molar-refractivity contribution in [2.24, 2.45) is 0 Å². The van der Waals surface area contributed by atoms with Crippen LogP contribution in [0.5, 0.6) is 0 Å². The average Bonchev–Trinajstić information content (AvgIpc) is 2.57. The zero-order valence-corrected chi connectivity index (χ0v) is 12.5. The molecule has 0 radical (unpaired) electrons. The summed E-state index contributed by atoms with van der Waals surface area (Å²) in [4.78, 5) is 4.53. The molecule has 1 atom stereocenters. The second-order valence-electron chi connectivity index (χ2n) is 5.69. The Kier molecular flexibility index (Phi) is 4.71. The average molecular weight is 300 g/mol. The van der Waals surface area contributed by atoms with Gasteiger partial charge < -0.3 is 10.0 Å². The molecule has 1 saturated heterocycles. The summed E-state index contributed by atoms with van der Waals surface area (Å²) in [5, 5.41) is 10.3. The molecule has 1 aliphatic rings. The lowest BCUT2D eigenvalue weighted by molar-refractivity contribution is 0.109. The number of β-amino-alcohol motifs (C(OH)–C–C–N with tert-alkyl or cyclic N) is 1. The molecule has 1 aliphatic heterocycles. The summed E-state index contributed by atoms with van der Waals surface area (Å²) in [6, 6.07) is 16.4. The van der Waals surface area contributed by atoms with Gasteiger partial charge in [0.05, 0.1) is 6.10 Å². The number of benzene rings is 2. The molecule has 1 N–H and O–H groups in total. The summed E-state index contributed by atoms with van der Waals surface area (Å²) in [7, 11) is 0. The Morgan fingerprint density at radius 3 is 2.18 bits per heavy atom. The maximum atomic E-state index is 13.0. The van der Waals surface area contributed by atoms with Crippen LogP contribution >= 0.6 is 0 Å². The molecule has 0 bridgehead atoms. The summed E-state index contributed by atoms with van der Waals surface area (Å²) >= 11 is 0. The third-order valence-corrected chi connectivity index (χ3v) is 4.18. The number of aliphatic hydroxyl groups excluding tert-OH is 1. The van der Waals surface area contributed by atoms with Gasteiger partial charge >= 0.3 is 0 Å². The fourth-order valence-electron chi connectivity index (χ4n) is 2.87. The predicted molar refractivity (Wildman–Crippen MR) is 86.5 cm³/mol. The Labute approximate surface area is 130 Å². The van der Waals surface area contributed by atoms with Crippen molar-refractivity contribution in [2.75, 3.05) is 37.6 Å². The van der Waals surface area contributed by atoms with E-state index in [2.05, 4.69) is 9.80 Å². The lowest BCUT2D eigenvalue weighted by atomic mass is 10.1. The smallest absolute Gasteiger partial charge is 0.123 e. The van der Waals surface area contributed by atoms with Gasteiger partial charge in [0.25, 0.3) is 0 Å². The van der Waals surface area contributed by atoms with E-state index in [9.17, 15) is 9.50 Å². The van der Waals surface area contributed by atoms with Crippen LogP contribution in [-0.2, 0) is 0 Å². The standard InChI is InChI=1S/C18H21FN2O/c19-16-6-8-17(9-7-16)21-12-10-20(11-13-21)14-18(22)15-4-2-1-3-5-15/h1-9,18,22H,10-14H2. The number of rotatable bonds is 4. The first-order valence-electron chi connectivity index (χ1n) is 7.68. The second-order valence-corrected chi connectivity index (χ2v) is 5.69. The van der Waals surface area contributed by atoms with Crippen molar-refractivity contribution in [3.8, 4) is 0 Å². The van der Waals surface area contributed by atoms with Gasteiger partial charge in [0.1, 0.15) is 5.82 Å². The van der Waals surface area contributed by atoms with E-state index in [0.29, 0.717) is 6.54 Å². The number of piperazine rings is 1. The molecule has 22 heavy (non-hydrogen) atoms. The van der Waals surface area contributed by atoms with Gasteiger partial charge in [-0.25, -0.2) is 4.39 Å². The first kappa shape index (κ1) is 15.0. The molecule has 3 nitrogen and oxygen atoms in total. The van der Waals surface area contributed by atoms with E-state index in [1.807, 2.05) is 42.5 Å². The minimum Gasteiger partial charge on any atom is -0.387 e. The third-order valence-electron chi connectivity index (χ3n) is 4.18. The molecule has 0 saturated carbocycles. The zero-order valence-electron chi connectivity index (χ0n) is 12.5. The first-order valence-corrected chi connectivity index (χ1v) is 7.68. The molecule has 0 amide bonds. The Morgan fingerprint density at radius 2 is 1.55 bits per heavy atom. The minimum absolute atomic E-state index is 0.201. The predicted octanol–water partition coefficient (Wildman–Crippen LogP) is 2.68. The van der Waals surface area contributed by atoms with Crippen LogP contribution in [-0.4, -0.2) is 42.7 Å². The van der Waals surface area contributed by atoms with Gasteiger partial charge in [0.2, 0.25) is 0 Å². The fourth-order valence-corrected chi connectivity index (χ4v) is 2.87. The van der Waals surface area contributed by atoms with Crippen LogP contribution in [0.25, 0.3) is 0 Å². The Bertz CT molecular complexity index is 580. The lowest BCUT2D eigenvalue weighted by Gasteiger charge is -2.37. The van der Waals surface area contributed by atoms with Crippen molar-refractivity contribution in [3.05, 3.63) is 66.0 Å². The van der Waals surface area contributed by atoms with Crippen LogP contribution in [0.2, 0.25) is 0 Å². The highest BCUT2D eigenvalue weighted by Gasteiger charge is 2.20. The number of halogens is 1. The van der Waals surface area contributed by atoms with Gasteiger partial charge in [0.15, 0.2) is 0 Å². The monoisotopic (exact) mass is 300 g/mol. The highest BCUT2D eigenvalue weighted by Crippen LogP contribution is 2.19. The molecule has 116 valence electrons. The highest BCUT2D eigenvalue weighted by atomic mass is 19.1. The van der Waals surface area contributed by atoms with Crippen LogP contribution in [0.4, 0.5) is 10.1 Å². The topological polar surface area (TPSA) is 26.7 Å². The Balaban J connectivity index is 1.52. The Morgan fingerprint density at radius 1 is 0.909 bits per heavy atom. The van der Waals surface area contributed by atoms with Crippen LogP contribution in [0.1, 0.15) is 11.7 Å². The van der Waals surface area contributed by atoms with Crippen LogP contribution in [0.3, 0.4) is 0 Å². The van der Waals surface area contributed by atoms with Crippen LogP contribution < -0.4 is 4.90 Å². The van der Waals surface area contributed by atoms with E-state index in [4.69, 9.17) is 0 Å². The molecule has 2 aromatic rings. The summed E-state index contributed by atoms with van der Waals surface area (Å²) < 4.78 is 13.0. The molecule has 1 fully saturated rings. The fraction of sp³-hybridized carbons (Fsp3) is 0.333. The Hall–Kier alpha value is -1.91. The number of hydrogen-bond donors (Lipinski definition) is 1. The molecule has 0 spiro atoms. The molecule has 0 aliphatic carbocycles. The minimum atomic E-state index is -0.446. The third kappa shape index (κ3) is 3.64. The molecular formula is C18H21FN2O. The van der Waals surface area contributed by atoms with Gasteiger partial charge in [-0.15, -0.1) is 0 Å². The molecular weight excluding hydrogens is 279 g/mol. The number of nitrogens with zero attached hydrogens (tertiary/aromatic N) is 2. The first-order chi connectivity index (χ1) is 10.7. The van der Waals surface area contributed by atoms with E-state index in [-0.39, 0.29) is 5.82 Å².